The molecule has 2 saturated heterocycles. The summed E-state index contributed by atoms with van der Waals surface area (Å²) in [5.41, 5.74) is 4.01. The summed E-state index contributed by atoms with van der Waals surface area (Å²) in [6.07, 6.45) is 8.55. The Morgan fingerprint density at radius 1 is 0.848 bits per heavy atom. The maximum absolute atomic E-state index is 14.0. The van der Waals surface area contributed by atoms with E-state index in [1.165, 1.54) is 50.9 Å². The second-order valence-electron chi connectivity index (χ2n) is 8.98. The average Bonchev–Trinajstić information content (AvgIpc) is 3.53. The van der Waals surface area contributed by atoms with Gasteiger partial charge in [-0.25, -0.2) is 13.9 Å². The first-order valence-corrected chi connectivity index (χ1v) is 11.8. The van der Waals surface area contributed by atoms with Crippen LogP contribution in [0.5, 0.6) is 0 Å². The normalized spacial score (nSPS) is 17.8. The highest BCUT2D eigenvalue weighted by atomic mass is 19.1. The van der Waals surface area contributed by atoms with Crippen LogP contribution in [0.2, 0.25) is 0 Å². The number of hydrogen-bond acceptors (Lipinski definition) is 5. The Balaban J connectivity index is 1.38. The SMILES string of the molecule is Fc1cccc(-c2nc3ccc(N4CCC(N5CCCC5)CC4)nn3c2-c2ccncc2)c1. The number of likely N-dealkylation sites (tertiary alicyclic amines) is 1. The van der Waals surface area contributed by atoms with E-state index in [9.17, 15) is 4.39 Å². The van der Waals surface area contributed by atoms with E-state index in [1.54, 1.807) is 18.5 Å². The molecule has 0 N–H and O–H groups in total. The third-order valence-corrected chi connectivity index (χ3v) is 6.96. The van der Waals surface area contributed by atoms with E-state index in [2.05, 4.69) is 20.9 Å². The smallest absolute Gasteiger partial charge is 0.155 e. The third kappa shape index (κ3) is 3.86. The monoisotopic (exact) mass is 442 g/mol. The maximum atomic E-state index is 14.0. The summed E-state index contributed by atoms with van der Waals surface area (Å²) in [4.78, 5) is 14.0. The van der Waals surface area contributed by atoms with E-state index in [0.717, 1.165) is 47.1 Å². The fraction of sp³-hybridized carbons (Fsp3) is 0.346. The predicted molar refractivity (Wildman–Crippen MR) is 128 cm³/mol. The summed E-state index contributed by atoms with van der Waals surface area (Å²) in [6, 6.07) is 15.3. The van der Waals surface area contributed by atoms with Crippen LogP contribution in [0.3, 0.4) is 0 Å². The number of pyridine rings is 1. The molecule has 6 rings (SSSR count). The molecular weight excluding hydrogens is 415 g/mol. The first-order valence-electron chi connectivity index (χ1n) is 11.8. The van der Waals surface area contributed by atoms with Crippen LogP contribution in [0.15, 0.2) is 60.9 Å². The van der Waals surface area contributed by atoms with E-state index in [1.807, 2.05) is 28.8 Å². The van der Waals surface area contributed by atoms with Crippen molar-refractivity contribution in [3.63, 3.8) is 0 Å². The van der Waals surface area contributed by atoms with E-state index in [-0.39, 0.29) is 5.82 Å². The summed E-state index contributed by atoms with van der Waals surface area (Å²) in [5, 5.41) is 5.02. The first-order chi connectivity index (χ1) is 16.3. The van der Waals surface area contributed by atoms with Crippen LogP contribution in [0.25, 0.3) is 28.2 Å². The van der Waals surface area contributed by atoms with Crippen molar-refractivity contribution in [2.75, 3.05) is 31.1 Å². The molecule has 5 heterocycles. The van der Waals surface area contributed by atoms with Crippen molar-refractivity contribution in [2.24, 2.45) is 0 Å². The van der Waals surface area contributed by atoms with Crippen LogP contribution < -0.4 is 4.90 Å². The average molecular weight is 443 g/mol. The number of anilines is 1. The lowest BCUT2D eigenvalue weighted by molar-refractivity contribution is 0.207. The molecule has 3 aromatic heterocycles. The Kier molecular flexibility index (Phi) is 5.26. The molecule has 168 valence electrons. The number of halogens is 1. The molecule has 0 atom stereocenters. The Morgan fingerprint density at radius 3 is 2.39 bits per heavy atom. The minimum Gasteiger partial charge on any atom is -0.355 e. The standard InChI is InChI=1S/C26H27FN6/c27-21-5-3-4-20(18-21)25-26(19-8-12-28-13-9-19)33-23(29-25)6-7-24(30-33)32-16-10-22(11-17-32)31-14-1-2-15-31/h3-9,12-13,18,22H,1-2,10-11,14-17H2. The van der Waals surface area contributed by atoms with Crippen molar-refractivity contribution in [1.82, 2.24) is 24.5 Å². The lowest BCUT2D eigenvalue weighted by Gasteiger charge is -2.37. The Hall–Kier alpha value is -3.32. The van der Waals surface area contributed by atoms with Crippen molar-refractivity contribution >= 4 is 11.5 Å². The van der Waals surface area contributed by atoms with Crippen LogP contribution >= 0.6 is 0 Å². The lowest BCUT2D eigenvalue weighted by Crippen LogP contribution is -2.44. The minimum absolute atomic E-state index is 0.278. The molecule has 0 spiro atoms. The van der Waals surface area contributed by atoms with E-state index in [4.69, 9.17) is 10.1 Å². The van der Waals surface area contributed by atoms with Crippen LogP contribution in [0.4, 0.5) is 10.2 Å². The lowest BCUT2D eigenvalue weighted by atomic mass is 10.0. The van der Waals surface area contributed by atoms with Gasteiger partial charge >= 0.3 is 0 Å². The van der Waals surface area contributed by atoms with Crippen LogP contribution in [-0.2, 0) is 0 Å². The molecule has 0 radical (unpaired) electrons. The number of nitrogens with zero attached hydrogens (tertiary/aromatic N) is 6. The maximum Gasteiger partial charge on any atom is 0.155 e. The molecule has 0 saturated carbocycles. The molecule has 33 heavy (non-hydrogen) atoms. The van der Waals surface area contributed by atoms with Gasteiger partial charge in [0.05, 0.1) is 5.69 Å². The number of imidazole rings is 1. The van der Waals surface area contributed by atoms with E-state index in [0.29, 0.717) is 6.04 Å². The zero-order valence-corrected chi connectivity index (χ0v) is 18.6. The van der Waals surface area contributed by atoms with Crippen LogP contribution in [0, 0.1) is 5.82 Å². The predicted octanol–water partition coefficient (Wildman–Crippen LogP) is 4.66. The largest absolute Gasteiger partial charge is 0.355 e. The third-order valence-electron chi connectivity index (χ3n) is 6.96. The molecule has 0 bridgehead atoms. The minimum atomic E-state index is -0.278. The van der Waals surface area contributed by atoms with Gasteiger partial charge in [0.25, 0.3) is 0 Å². The van der Waals surface area contributed by atoms with Gasteiger partial charge in [-0.3, -0.25) is 4.98 Å². The number of piperidine rings is 1. The van der Waals surface area contributed by atoms with Gasteiger partial charge in [-0.1, -0.05) is 12.1 Å². The molecule has 0 amide bonds. The quantitative estimate of drug-likeness (QED) is 0.460. The highest BCUT2D eigenvalue weighted by Crippen LogP contribution is 2.33. The molecule has 1 aromatic carbocycles. The molecule has 2 aliphatic heterocycles. The van der Waals surface area contributed by atoms with Crippen molar-refractivity contribution < 1.29 is 4.39 Å². The van der Waals surface area contributed by atoms with Gasteiger partial charge < -0.3 is 9.80 Å². The summed E-state index contributed by atoms with van der Waals surface area (Å²) in [7, 11) is 0. The Morgan fingerprint density at radius 2 is 1.64 bits per heavy atom. The van der Waals surface area contributed by atoms with Crippen LogP contribution in [0.1, 0.15) is 25.7 Å². The van der Waals surface area contributed by atoms with Crippen molar-refractivity contribution in [3.05, 3.63) is 66.7 Å². The summed E-state index contributed by atoms with van der Waals surface area (Å²) in [6.45, 7) is 4.52. The fourth-order valence-corrected chi connectivity index (χ4v) is 5.27. The molecule has 0 aliphatic carbocycles. The van der Waals surface area contributed by atoms with Gasteiger partial charge in [0.15, 0.2) is 5.65 Å². The topological polar surface area (TPSA) is 49.6 Å². The van der Waals surface area contributed by atoms with Gasteiger partial charge in [-0.05, 0) is 75.2 Å². The summed E-state index contributed by atoms with van der Waals surface area (Å²) < 4.78 is 15.9. The summed E-state index contributed by atoms with van der Waals surface area (Å²) >= 11 is 0. The zero-order chi connectivity index (χ0) is 22.2. The molecule has 2 aliphatic rings. The summed E-state index contributed by atoms with van der Waals surface area (Å²) in [5.74, 6) is 0.681. The number of benzene rings is 1. The Labute approximate surface area is 192 Å². The van der Waals surface area contributed by atoms with Gasteiger partial charge in [-0.2, -0.15) is 0 Å². The molecular formula is C26H27FN6. The second-order valence-corrected chi connectivity index (χ2v) is 8.98. The Bertz CT molecular complexity index is 1260. The van der Waals surface area contributed by atoms with Crippen molar-refractivity contribution in [1.29, 1.82) is 0 Å². The molecule has 2 fully saturated rings. The molecule has 0 unspecified atom stereocenters. The van der Waals surface area contributed by atoms with Crippen molar-refractivity contribution in [2.45, 2.75) is 31.7 Å². The number of hydrogen-bond donors (Lipinski definition) is 0. The van der Waals surface area contributed by atoms with Gasteiger partial charge in [0, 0.05) is 42.7 Å². The number of rotatable bonds is 4. The number of aromatic nitrogens is 4. The zero-order valence-electron chi connectivity index (χ0n) is 18.6. The van der Waals surface area contributed by atoms with Gasteiger partial charge in [0.1, 0.15) is 17.3 Å². The van der Waals surface area contributed by atoms with Crippen LogP contribution in [-0.4, -0.2) is 56.7 Å². The van der Waals surface area contributed by atoms with E-state index >= 15 is 0 Å². The van der Waals surface area contributed by atoms with Gasteiger partial charge in [-0.15, -0.1) is 5.10 Å². The molecule has 7 heteroatoms. The highest BCUT2D eigenvalue weighted by molar-refractivity contribution is 5.81. The van der Waals surface area contributed by atoms with Crippen molar-refractivity contribution in [3.8, 4) is 22.5 Å². The molecule has 6 nitrogen and oxygen atoms in total. The molecule has 4 aromatic rings. The van der Waals surface area contributed by atoms with Gasteiger partial charge in [0.2, 0.25) is 0 Å². The van der Waals surface area contributed by atoms with E-state index < -0.39 is 0 Å². The first kappa shape index (κ1) is 20.3. The fourth-order valence-electron chi connectivity index (χ4n) is 5.27. The number of fused-ring (bicyclic) bond motifs is 1. The second kappa shape index (κ2) is 8.56. The highest BCUT2D eigenvalue weighted by Gasteiger charge is 2.27.